The van der Waals surface area contributed by atoms with E-state index >= 15 is 0 Å². The molecule has 1 aromatic rings. The largest absolute Gasteiger partial charge is 0.355 e. The van der Waals surface area contributed by atoms with Gasteiger partial charge in [0.15, 0.2) is 0 Å². The van der Waals surface area contributed by atoms with Crippen LogP contribution in [0.1, 0.15) is 11.1 Å². The number of hydrogen-bond donors (Lipinski definition) is 2. The Morgan fingerprint density at radius 2 is 2.06 bits per heavy atom. The highest BCUT2D eigenvalue weighted by molar-refractivity contribution is 7.93. The third-order valence-electron chi connectivity index (χ3n) is 2.02. The highest BCUT2D eigenvalue weighted by atomic mass is 32.2. The van der Waals surface area contributed by atoms with Crippen molar-refractivity contribution in [1.82, 2.24) is 0 Å². The van der Waals surface area contributed by atoms with Crippen molar-refractivity contribution >= 4 is 15.7 Å². The Bertz CT molecular complexity index is 474. The van der Waals surface area contributed by atoms with Crippen LogP contribution in [-0.2, 0) is 16.6 Å². The predicted octanol–water partition coefficient (Wildman–Crippen LogP) is 1.42. The first kappa shape index (κ1) is 12.9. The molecule has 90 valence electrons. The summed E-state index contributed by atoms with van der Waals surface area (Å²) in [6.45, 7) is 1.83. The van der Waals surface area contributed by atoms with Gasteiger partial charge < -0.3 is 5.73 Å². The minimum Gasteiger partial charge on any atom is -0.326 e. The van der Waals surface area contributed by atoms with E-state index in [1.807, 2.05) is 4.72 Å². The van der Waals surface area contributed by atoms with Crippen molar-refractivity contribution in [3.05, 3.63) is 29.3 Å². The zero-order valence-corrected chi connectivity index (χ0v) is 9.39. The molecule has 0 unspecified atom stereocenters. The van der Waals surface area contributed by atoms with E-state index in [0.29, 0.717) is 11.1 Å². The number of benzene rings is 1. The molecule has 1 aromatic carbocycles. The van der Waals surface area contributed by atoms with Gasteiger partial charge in [-0.2, -0.15) is 8.78 Å². The monoisotopic (exact) mass is 250 g/mol. The second-order valence-electron chi connectivity index (χ2n) is 3.26. The van der Waals surface area contributed by atoms with Gasteiger partial charge in [-0.1, -0.05) is 12.1 Å². The Labute approximate surface area is 92.5 Å². The maximum Gasteiger partial charge on any atom is 0.355 e. The van der Waals surface area contributed by atoms with Gasteiger partial charge in [0.2, 0.25) is 0 Å². The van der Waals surface area contributed by atoms with Crippen LogP contribution in [0.25, 0.3) is 0 Å². The van der Waals surface area contributed by atoms with Crippen LogP contribution in [0.5, 0.6) is 0 Å². The van der Waals surface area contributed by atoms with E-state index in [0.717, 1.165) is 0 Å². The van der Waals surface area contributed by atoms with E-state index < -0.39 is 15.8 Å². The number of hydrogen-bond acceptors (Lipinski definition) is 3. The SMILES string of the molecule is Cc1ccc(CN)cc1NS(=O)(=O)C(F)F. The highest BCUT2D eigenvalue weighted by Gasteiger charge is 2.24. The van der Waals surface area contributed by atoms with Crippen LogP contribution in [0.2, 0.25) is 0 Å². The molecule has 3 N–H and O–H groups in total. The molecule has 0 saturated carbocycles. The van der Waals surface area contributed by atoms with Gasteiger partial charge in [0.05, 0.1) is 5.69 Å². The first-order valence-electron chi connectivity index (χ1n) is 4.46. The minimum atomic E-state index is -4.62. The quantitative estimate of drug-likeness (QED) is 0.848. The van der Waals surface area contributed by atoms with Crippen molar-refractivity contribution in [2.45, 2.75) is 19.2 Å². The summed E-state index contributed by atoms with van der Waals surface area (Å²) in [6, 6.07) is 4.76. The number of halogens is 2. The number of anilines is 1. The van der Waals surface area contributed by atoms with Crippen LogP contribution in [-0.4, -0.2) is 14.2 Å². The summed E-state index contributed by atoms with van der Waals surface area (Å²) in [4.78, 5) is 0. The molecule has 7 heteroatoms. The molecule has 0 aliphatic rings. The van der Waals surface area contributed by atoms with E-state index in [1.165, 1.54) is 6.07 Å². The fourth-order valence-electron chi connectivity index (χ4n) is 1.10. The Morgan fingerprint density at radius 3 is 2.56 bits per heavy atom. The minimum absolute atomic E-state index is 0.128. The Hall–Kier alpha value is -1.21. The lowest BCUT2D eigenvalue weighted by Gasteiger charge is -2.10. The fourth-order valence-corrected chi connectivity index (χ4v) is 1.72. The molecule has 0 aliphatic heterocycles. The van der Waals surface area contributed by atoms with Crippen molar-refractivity contribution in [2.24, 2.45) is 5.73 Å². The Kier molecular flexibility index (Phi) is 3.82. The summed E-state index contributed by atoms with van der Waals surface area (Å²) in [6.07, 6.45) is 0. The molecule has 1 rings (SSSR count). The summed E-state index contributed by atoms with van der Waals surface area (Å²) in [5.41, 5.74) is 6.72. The molecule has 0 amide bonds. The standard InChI is InChI=1S/C9H12F2N2O2S/c1-6-2-3-7(5-12)4-8(6)13-16(14,15)9(10)11/h2-4,9,13H,5,12H2,1H3. The van der Waals surface area contributed by atoms with Gasteiger partial charge in [-0.3, -0.25) is 4.72 Å². The lowest BCUT2D eigenvalue weighted by molar-refractivity contribution is 0.236. The second kappa shape index (κ2) is 4.75. The summed E-state index contributed by atoms with van der Waals surface area (Å²) in [5, 5.41) is 0. The zero-order chi connectivity index (χ0) is 12.3. The summed E-state index contributed by atoms with van der Waals surface area (Å²) in [5.74, 6) is -3.45. The van der Waals surface area contributed by atoms with Crippen LogP contribution in [0.15, 0.2) is 18.2 Å². The average molecular weight is 250 g/mol. The van der Waals surface area contributed by atoms with Crippen molar-refractivity contribution in [2.75, 3.05) is 4.72 Å². The molecule has 0 bridgehead atoms. The Balaban J connectivity index is 3.06. The molecule has 0 aromatic heterocycles. The van der Waals surface area contributed by atoms with Crippen molar-refractivity contribution in [3.8, 4) is 0 Å². The number of nitrogens with one attached hydrogen (secondary N) is 1. The molecule has 0 fully saturated rings. The number of nitrogens with two attached hydrogens (primary N) is 1. The van der Waals surface area contributed by atoms with Gasteiger partial charge in [-0.25, -0.2) is 8.42 Å². The number of sulfonamides is 1. The van der Waals surface area contributed by atoms with Crippen molar-refractivity contribution < 1.29 is 17.2 Å². The first-order chi connectivity index (χ1) is 7.36. The topological polar surface area (TPSA) is 72.2 Å². The third kappa shape index (κ3) is 2.89. The number of aryl methyl sites for hydroxylation is 1. The molecular formula is C9H12F2N2O2S. The highest BCUT2D eigenvalue weighted by Crippen LogP contribution is 2.20. The van der Waals surface area contributed by atoms with Gasteiger partial charge in [0.25, 0.3) is 10.0 Å². The number of alkyl halides is 2. The van der Waals surface area contributed by atoms with Gasteiger partial charge in [-0.15, -0.1) is 0 Å². The predicted molar refractivity (Wildman–Crippen MR) is 57.6 cm³/mol. The maximum atomic E-state index is 12.1. The summed E-state index contributed by atoms with van der Waals surface area (Å²) >= 11 is 0. The van der Waals surface area contributed by atoms with E-state index in [4.69, 9.17) is 5.73 Å². The van der Waals surface area contributed by atoms with E-state index in [2.05, 4.69) is 0 Å². The maximum absolute atomic E-state index is 12.1. The normalized spacial score (nSPS) is 11.8. The van der Waals surface area contributed by atoms with E-state index in [9.17, 15) is 17.2 Å². The van der Waals surface area contributed by atoms with Crippen LogP contribution in [0.4, 0.5) is 14.5 Å². The van der Waals surface area contributed by atoms with Crippen molar-refractivity contribution in [1.29, 1.82) is 0 Å². The molecule has 0 heterocycles. The average Bonchev–Trinajstić information content (AvgIpc) is 2.21. The van der Waals surface area contributed by atoms with Gasteiger partial charge in [0, 0.05) is 6.54 Å². The fraction of sp³-hybridized carbons (Fsp3) is 0.333. The smallest absolute Gasteiger partial charge is 0.326 e. The van der Waals surface area contributed by atoms with Crippen molar-refractivity contribution in [3.63, 3.8) is 0 Å². The zero-order valence-electron chi connectivity index (χ0n) is 8.57. The molecular weight excluding hydrogens is 238 g/mol. The molecule has 0 spiro atoms. The summed E-state index contributed by atoms with van der Waals surface area (Å²) in [7, 11) is -4.62. The molecule has 0 atom stereocenters. The van der Waals surface area contributed by atoms with Crippen LogP contribution < -0.4 is 10.5 Å². The lowest BCUT2D eigenvalue weighted by Crippen LogP contribution is -2.21. The third-order valence-corrected chi connectivity index (χ3v) is 3.00. The molecule has 0 aliphatic carbocycles. The van der Waals surface area contributed by atoms with E-state index in [-0.39, 0.29) is 12.2 Å². The lowest BCUT2D eigenvalue weighted by atomic mass is 10.1. The molecule has 4 nitrogen and oxygen atoms in total. The first-order valence-corrected chi connectivity index (χ1v) is 6.01. The van der Waals surface area contributed by atoms with Crippen LogP contribution in [0, 0.1) is 6.92 Å². The van der Waals surface area contributed by atoms with Gasteiger partial charge in [0.1, 0.15) is 0 Å². The second-order valence-corrected chi connectivity index (χ2v) is 4.91. The van der Waals surface area contributed by atoms with Crippen LogP contribution in [0.3, 0.4) is 0 Å². The van der Waals surface area contributed by atoms with Gasteiger partial charge in [-0.05, 0) is 24.1 Å². The summed E-state index contributed by atoms with van der Waals surface area (Å²) < 4.78 is 48.0. The number of rotatable bonds is 4. The van der Waals surface area contributed by atoms with E-state index in [1.54, 1.807) is 19.1 Å². The molecule has 16 heavy (non-hydrogen) atoms. The molecule has 0 radical (unpaired) electrons. The Morgan fingerprint density at radius 1 is 1.44 bits per heavy atom. The van der Waals surface area contributed by atoms with Gasteiger partial charge >= 0.3 is 5.76 Å². The molecule has 0 saturated heterocycles. The van der Waals surface area contributed by atoms with Crippen LogP contribution >= 0.6 is 0 Å².